The van der Waals surface area contributed by atoms with Crippen LogP contribution in [0.5, 0.6) is 0 Å². The van der Waals surface area contributed by atoms with E-state index in [1.807, 2.05) is 0 Å². The minimum atomic E-state index is -4.81. The smallest absolute Gasteiger partial charge is 0.353 e. The number of rotatable bonds is 4. The molecule has 0 bridgehead atoms. The van der Waals surface area contributed by atoms with Gasteiger partial charge in [0.15, 0.2) is 5.03 Å². The lowest BCUT2D eigenvalue weighted by molar-refractivity contribution is 0.0604. The summed E-state index contributed by atoms with van der Waals surface area (Å²) in [7, 11) is -4.81. The SMILES string of the molecule is O=S(=O)(c1ccccn1)C(F)(F)CCO. The van der Waals surface area contributed by atoms with E-state index in [2.05, 4.69) is 4.98 Å². The number of pyridine rings is 1. The van der Waals surface area contributed by atoms with Crippen LogP contribution in [-0.2, 0) is 9.84 Å². The van der Waals surface area contributed by atoms with Crippen LogP contribution in [0.25, 0.3) is 0 Å². The van der Waals surface area contributed by atoms with Crippen LogP contribution in [0.4, 0.5) is 8.78 Å². The number of aliphatic hydroxyl groups is 1. The zero-order valence-electron chi connectivity index (χ0n) is 7.60. The normalized spacial score (nSPS) is 12.7. The average Bonchev–Trinajstić information content (AvgIpc) is 2.19. The Morgan fingerprint density at radius 2 is 2.07 bits per heavy atom. The third-order valence-electron chi connectivity index (χ3n) is 1.71. The Morgan fingerprint density at radius 3 is 2.53 bits per heavy atom. The first-order valence-corrected chi connectivity index (χ1v) is 5.54. The number of hydrogen-bond donors (Lipinski definition) is 1. The Bertz CT molecular complexity index is 419. The molecule has 84 valence electrons. The third kappa shape index (κ3) is 2.29. The number of aliphatic hydroxyl groups excluding tert-OH is 1. The quantitative estimate of drug-likeness (QED) is 0.842. The van der Waals surface area contributed by atoms with Crippen LogP contribution in [0, 0.1) is 0 Å². The summed E-state index contributed by atoms with van der Waals surface area (Å²) in [6.07, 6.45) is -0.0200. The van der Waals surface area contributed by atoms with Crippen LogP contribution in [0.2, 0.25) is 0 Å². The second-order valence-corrected chi connectivity index (χ2v) is 4.80. The summed E-state index contributed by atoms with van der Waals surface area (Å²) >= 11 is 0. The zero-order valence-corrected chi connectivity index (χ0v) is 8.42. The molecule has 0 aliphatic carbocycles. The molecule has 4 nitrogen and oxygen atoms in total. The summed E-state index contributed by atoms with van der Waals surface area (Å²) in [6.45, 7) is -0.904. The van der Waals surface area contributed by atoms with Gasteiger partial charge in [0.25, 0.3) is 9.84 Å². The number of nitrogens with zero attached hydrogens (tertiary/aromatic N) is 1. The summed E-state index contributed by atoms with van der Waals surface area (Å²) in [4.78, 5) is 3.35. The molecule has 1 rings (SSSR count). The van der Waals surface area contributed by atoms with Gasteiger partial charge >= 0.3 is 5.25 Å². The highest BCUT2D eigenvalue weighted by molar-refractivity contribution is 7.92. The molecule has 0 aromatic carbocycles. The third-order valence-corrected chi connectivity index (χ3v) is 3.49. The maximum Gasteiger partial charge on any atom is 0.353 e. The van der Waals surface area contributed by atoms with Crippen LogP contribution in [-0.4, -0.2) is 30.4 Å². The molecule has 0 fully saturated rings. The molecule has 0 spiro atoms. The number of alkyl halides is 2. The van der Waals surface area contributed by atoms with E-state index in [4.69, 9.17) is 5.11 Å². The minimum Gasteiger partial charge on any atom is -0.396 e. The largest absolute Gasteiger partial charge is 0.396 e. The molecular formula is C8H9F2NO3S. The van der Waals surface area contributed by atoms with Crippen molar-refractivity contribution in [2.45, 2.75) is 16.7 Å². The molecule has 0 saturated carbocycles. The van der Waals surface area contributed by atoms with Gasteiger partial charge in [-0.2, -0.15) is 8.78 Å². The first-order valence-electron chi connectivity index (χ1n) is 4.06. The molecule has 0 unspecified atom stereocenters. The molecule has 1 aromatic rings. The fourth-order valence-electron chi connectivity index (χ4n) is 0.924. The second kappa shape index (κ2) is 4.19. The van der Waals surface area contributed by atoms with Crippen molar-refractivity contribution in [1.82, 2.24) is 4.98 Å². The molecule has 1 aromatic heterocycles. The highest BCUT2D eigenvalue weighted by Gasteiger charge is 2.46. The zero-order chi connectivity index (χ0) is 11.5. The Kier molecular flexibility index (Phi) is 3.35. The van der Waals surface area contributed by atoms with E-state index in [1.165, 1.54) is 12.1 Å². The van der Waals surface area contributed by atoms with Gasteiger partial charge in [-0.25, -0.2) is 13.4 Å². The van der Waals surface area contributed by atoms with Crippen LogP contribution >= 0.6 is 0 Å². The van der Waals surface area contributed by atoms with E-state index in [0.29, 0.717) is 0 Å². The van der Waals surface area contributed by atoms with Gasteiger partial charge in [-0.15, -0.1) is 0 Å². The Morgan fingerprint density at radius 1 is 1.40 bits per heavy atom. The van der Waals surface area contributed by atoms with E-state index in [9.17, 15) is 17.2 Å². The van der Waals surface area contributed by atoms with E-state index in [-0.39, 0.29) is 0 Å². The van der Waals surface area contributed by atoms with Gasteiger partial charge in [-0.05, 0) is 12.1 Å². The summed E-state index contributed by atoms with van der Waals surface area (Å²) in [5.41, 5.74) is 0. The number of hydrogen-bond acceptors (Lipinski definition) is 4. The van der Waals surface area contributed by atoms with Crippen molar-refractivity contribution in [2.75, 3.05) is 6.61 Å². The summed E-state index contributed by atoms with van der Waals surface area (Å²) < 4.78 is 48.8. The fraction of sp³-hybridized carbons (Fsp3) is 0.375. The second-order valence-electron chi connectivity index (χ2n) is 2.78. The lowest BCUT2D eigenvalue weighted by atomic mass is 10.5. The van der Waals surface area contributed by atoms with Crippen molar-refractivity contribution < 1.29 is 22.3 Å². The number of sulfone groups is 1. The molecule has 0 aliphatic rings. The molecular weight excluding hydrogens is 228 g/mol. The average molecular weight is 237 g/mol. The number of halogens is 2. The van der Waals surface area contributed by atoms with Crippen LogP contribution in [0.3, 0.4) is 0 Å². The first-order chi connectivity index (χ1) is 6.92. The molecule has 1 N–H and O–H groups in total. The van der Waals surface area contributed by atoms with Gasteiger partial charge < -0.3 is 5.11 Å². The van der Waals surface area contributed by atoms with Crippen molar-refractivity contribution >= 4 is 9.84 Å². The van der Waals surface area contributed by atoms with E-state index >= 15 is 0 Å². The highest BCUT2D eigenvalue weighted by atomic mass is 32.2. The summed E-state index contributed by atoms with van der Waals surface area (Å²) in [5.74, 6) is 0. The van der Waals surface area contributed by atoms with Crippen LogP contribution in [0.15, 0.2) is 29.4 Å². The van der Waals surface area contributed by atoms with Crippen molar-refractivity contribution in [2.24, 2.45) is 0 Å². The molecule has 0 atom stereocenters. The summed E-state index contributed by atoms with van der Waals surface area (Å²) in [6, 6.07) is 3.71. The van der Waals surface area contributed by atoms with E-state index in [0.717, 1.165) is 12.3 Å². The predicted molar refractivity (Wildman–Crippen MR) is 48.1 cm³/mol. The summed E-state index contributed by atoms with van der Waals surface area (Å²) in [5, 5.41) is 3.67. The minimum absolute atomic E-state index is 0.691. The van der Waals surface area contributed by atoms with Crippen LogP contribution < -0.4 is 0 Å². The molecule has 0 amide bonds. The van der Waals surface area contributed by atoms with Crippen molar-refractivity contribution in [1.29, 1.82) is 0 Å². The lowest BCUT2D eigenvalue weighted by Crippen LogP contribution is -2.30. The van der Waals surface area contributed by atoms with Gasteiger partial charge in [-0.1, -0.05) is 6.07 Å². The van der Waals surface area contributed by atoms with Crippen molar-refractivity contribution in [3.05, 3.63) is 24.4 Å². The Labute approximate surface area is 85.5 Å². The standard InChI is InChI=1S/C8H9F2NO3S/c9-8(10,4-6-12)15(13,14)7-3-1-2-5-11-7/h1-3,5,12H,4,6H2. The van der Waals surface area contributed by atoms with Gasteiger partial charge in [0, 0.05) is 12.8 Å². The van der Waals surface area contributed by atoms with Crippen molar-refractivity contribution in [3.63, 3.8) is 0 Å². The topological polar surface area (TPSA) is 67.3 Å². The van der Waals surface area contributed by atoms with Gasteiger partial charge in [0.2, 0.25) is 0 Å². The maximum absolute atomic E-state index is 13.1. The monoisotopic (exact) mass is 237 g/mol. The van der Waals surface area contributed by atoms with E-state index in [1.54, 1.807) is 0 Å². The molecule has 1 heterocycles. The molecule has 0 aliphatic heterocycles. The molecule has 0 radical (unpaired) electrons. The van der Waals surface area contributed by atoms with Gasteiger partial charge in [0.1, 0.15) is 0 Å². The molecule has 7 heteroatoms. The highest BCUT2D eigenvalue weighted by Crippen LogP contribution is 2.30. The fourth-order valence-corrected chi connectivity index (χ4v) is 2.05. The predicted octanol–water partition coefficient (Wildman–Crippen LogP) is 0.831. The number of aromatic nitrogens is 1. The first kappa shape index (κ1) is 12.0. The van der Waals surface area contributed by atoms with Gasteiger partial charge in [-0.3, -0.25) is 0 Å². The molecule has 0 saturated heterocycles. The Hall–Kier alpha value is -1.08. The van der Waals surface area contributed by atoms with Gasteiger partial charge in [0.05, 0.1) is 6.42 Å². The maximum atomic E-state index is 13.1. The Balaban J connectivity index is 3.14. The lowest BCUT2D eigenvalue weighted by Gasteiger charge is -2.14. The van der Waals surface area contributed by atoms with E-state index < -0.39 is 33.1 Å². The molecule has 15 heavy (non-hydrogen) atoms. The van der Waals surface area contributed by atoms with Crippen LogP contribution in [0.1, 0.15) is 6.42 Å². The van der Waals surface area contributed by atoms with Crippen molar-refractivity contribution in [3.8, 4) is 0 Å².